The first-order valence-electron chi connectivity index (χ1n) is 5.91. The number of para-hydroxylation sites is 2. The zero-order valence-electron chi connectivity index (χ0n) is 10.4. The van der Waals surface area contributed by atoms with Gasteiger partial charge in [-0.1, -0.05) is 18.2 Å². The van der Waals surface area contributed by atoms with Gasteiger partial charge in [0, 0.05) is 0 Å². The zero-order valence-corrected chi connectivity index (χ0v) is 10.4. The highest BCUT2D eigenvalue weighted by Gasteiger charge is 2.34. The number of ether oxygens (including phenoxy) is 2. The number of halogens is 3. The van der Waals surface area contributed by atoms with Gasteiger partial charge in [0.2, 0.25) is 0 Å². The third-order valence-corrected chi connectivity index (χ3v) is 2.80. The lowest BCUT2D eigenvalue weighted by molar-refractivity contribution is -0.274. The summed E-state index contributed by atoms with van der Waals surface area (Å²) < 4.78 is 46.6. The van der Waals surface area contributed by atoms with Gasteiger partial charge in [-0.3, -0.25) is 4.79 Å². The van der Waals surface area contributed by atoms with Crippen molar-refractivity contribution >= 4 is 11.6 Å². The number of nitrogens with one attached hydrogen (secondary N) is 1. The average Bonchev–Trinajstić information content (AvgIpc) is 2.53. The van der Waals surface area contributed by atoms with Crippen molar-refractivity contribution in [2.75, 3.05) is 5.32 Å². The molecule has 0 unspecified atom stereocenters. The fraction of sp³-hybridized carbons (Fsp3) is 0.0714. The first-order valence-corrected chi connectivity index (χ1v) is 5.91. The molecule has 2 aromatic rings. The molecular weight excluding hydrogens is 287 g/mol. The Bertz CT molecular complexity index is 713. The Hall–Kier alpha value is -2.70. The van der Waals surface area contributed by atoms with Crippen molar-refractivity contribution in [1.82, 2.24) is 0 Å². The van der Waals surface area contributed by atoms with Gasteiger partial charge in [0.05, 0.1) is 5.69 Å². The molecule has 0 spiro atoms. The minimum absolute atomic E-state index is 0.000741. The number of carbonyl (C=O) groups excluding carboxylic acids is 1. The molecular formula is C14H8F3NO3. The Kier molecular flexibility index (Phi) is 2.97. The fourth-order valence-corrected chi connectivity index (χ4v) is 1.99. The quantitative estimate of drug-likeness (QED) is 0.866. The third kappa shape index (κ3) is 2.62. The highest BCUT2D eigenvalue weighted by atomic mass is 19.4. The molecule has 1 aliphatic rings. The van der Waals surface area contributed by atoms with Crippen molar-refractivity contribution in [1.29, 1.82) is 0 Å². The predicted molar refractivity (Wildman–Crippen MR) is 67.6 cm³/mol. The molecule has 7 heteroatoms. The molecule has 4 nitrogen and oxygen atoms in total. The van der Waals surface area contributed by atoms with Gasteiger partial charge >= 0.3 is 6.36 Å². The summed E-state index contributed by atoms with van der Waals surface area (Å²) in [5, 5.41) is 2.49. The van der Waals surface area contributed by atoms with Crippen LogP contribution in [0.2, 0.25) is 0 Å². The van der Waals surface area contributed by atoms with E-state index in [0.29, 0.717) is 11.4 Å². The van der Waals surface area contributed by atoms with Crippen LogP contribution in [0.25, 0.3) is 0 Å². The van der Waals surface area contributed by atoms with Crippen LogP contribution in [-0.2, 0) is 0 Å². The van der Waals surface area contributed by atoms with Gasteiger partial charge in [-0.2, -0.15) is 0 Å². The molecule has 0 bridgehead atoms. The lowest BCUT2D eigenvalue weighted by Crippen LogP contribution is -2.20. The van der Waals surface area contributed by atoms with Crippen molar-refractivity contribution in [3.05, 3.63) is 48.0 Å². The van der Waals surface area contributed by atoms with Crippen molar-refractivity contribution < 1.29 is 27.4 Å². The molecule has 3 rings (SSSR count). The van der Waals surface area contributed by atoms with Gasteiger partial charge in [-0.25, -0.2) is 0 Å². The number of alkyl halides is 3. The Morgan fingerprint density at radius 2 is 1.71 bits per heavy atom. The molecule has 108 valence electrons. The molecule has 1 heterocycles. The summed E-state index contributed by atoms with van der Waals surface area (Å²) in [6, 6.07) is 10.3. The van der Waals surface area contributed by atoms with E-state index in [1.807, 2.05) is 0 Å². The summed E-state index contributed by atoms with van der Waals surface area (Å²) >= 11 is 0. The van der Waals surface area contributed by atoms with Crippen LogP contribution in [0.5, 0.6) is 17.2 Å². The van der Waals surface area contributed by atoms with Crippen molar-refractivity contribution in [3.63, 3.8) is 0 Å². The minimum atomic E-state index is -4.89. The van der Waals surface area contributed by atoms with Crippen LogP contribution in [-0.4, -0.2) is 12.3 Å². The van der Waals surface area contributed by atoms with E-state index in [4.69, 9.17) is 4.74 Å². The number of amides is 1. The summed E-state index contributed by atoms with van der Waals surface area (Å²) in [6.45, 7) is 0. The monoisotopic (exact) mass is 295 g/mol. The van der Waals surface area contributed by atoms with E-state index in [0.717, 1.165) is 6.07 Å². The van der Waals surface area contributed by atoms with E-state index in [1.165, 1.54) is 12.1 Å². The maximum absolute atomic E-state index is 12.4. The van der Waals surface area contributed by atoms with Crippen molar-refractivity contribution in [2.24, 2.45) is 0 Å². The second kappa shape index (κ2) is 4.69. The van der Waals surface area contributed by atoms with Gasteiger partial charge in [0.25, 0.3) is 5.91 Å². The van der Waals surface area contributed by atoms with E-state index in [2.05, 4.69) is 10.1 Å². The zero-order chi connectivity index (χ0) is 15.0. The number of carbonyl (C=O) groups is 1. The Morgan fingerprint density at radius 1 is 1.00 bits per heavy atom. The Labute approximate surface area is 117 Å². The summed E-state index contributed by atoms with van der Waals surface area (Å²) in [5.74, 6) is -0.993. The molecule has 1 amide bonds. The number of hydrogen-bond acceptors (Lipinski definition) is 3. The van der Waals surface area contributed by atoms with E-state index < -0.39 is 18.0 Å². The molecule has 2 aromatic carbocycles. The smallest absolute Gasteiger partial charge is 0.454 e. The van der Waals surface area contributed by atoms with Gasteiger partial charge in [-0.05, 0) is 24.3 Å². The second-order valence-electron chi connectivity index (χ2n) is 4.23. The molecule has 0 fully saturated rings. The number of fused-ring (bicyclic) bond motifs is 2. The van der Waals surface area contributed by atoms with Crippen LogP contribution in [0.3, 0.4) is 0 Å². The molecule has 0 saturated carbocycles. The van der Waals surface area contributed by atoms with E-state index in [9.17, 15) is 18.0 Å². The van der Waals surface area contributed by atoms with Crippen LogP contribution in [0.4, 0.5) is 18.9 Å². The number of benzene rings is 2. The molecule has 21 heavy (non-hydrogen) atoms. The minimum Gasteiger partial charge on any atom is -0.454 e. The summed E-state index contributed by atoms with van der Waals surface area (Å²) in [4.78, 5) is 12.1. The summed E-state index contributed by atoms with van der Waals surface area (Å²) in [7, 11) is 0. The first-order chi connectivity index (χ1) is 9.94. The molecule has 0 aromatic heterocycles. The SMILES string of the molecule is O=C1Nc2ccccc2Oc2cccc(OC(F)(F)F)c21. The van der Waals surface area contributed by atoms with Crippen LogP contribution in [0, 0.1) is 0 Å². The highest BCUT2D eigenvalue weighted by molar-refractivity contribution is 6.09. The Balaban J connectivity index is 2.10. The number of hydrogen-bond donors (Lipinski definition) is 1. The maximum atomic E-state index is 12.4. The maximum Gasteiger partial charge on any atom is 0.573 e. The molecule has 1 aliphatic heterocycles. The van der Waals surface area contributed by atoms with E-state index in [-0.39, 0.29) is 11.3 Å². The van der Waals surface area contributed by atoms with Crippen LogP contribution in [0.15, 0.2) is 42.5 Å². The molecule has 0 saturated heterocycles. The van der Waals surface area contributed by atoms with Gasteiger partial charge in [0.1, 0.15) is 17.1 Å². The number of anilines is 1. The number of rotatable bonds is 1. The van der Waals surface area contributed by atoms with Crippen LogP contribution < -0.4 is 14.8 Å². The second-order valence-corrected chi connectivity index (χ2v) is 4.23. The standard InChI is InChI=1S/C14H8F3NO3/c15-14(16,17)21-11-7-3-6-10-12(11)13(19)18-8-4-1-2-5-9(8)20-10/h1-7H,(H,18,19). The lowest BCUT2D eigenvalue weighted by atomic mass is 10.1. The van der Waals surface area contributed by atoms with Crippen molar-refractivity contribution in [2.45, 2.75) is 6.36 Å². The average molecular weight is 295 g/mol. The highest BCUT2D eigenvalue weighted by Crippen LogP contribution is 2.40. The Morgan fingerprint density at radius 3 is 2.48 bits per heavy atom. The summed E-state index contributed by atoms with van der Waals surface area (Å²) in [5.41, 5.74) is 0.0719. The normalized spacial score (nSPS) is 13.4. The third-order valence-electron chi connectivity index (χ3n) is 2.80. The van der Waals surface area contributed by atoms with Crippen molar-refractivity contribution in [3.8, 4) is 17.2 Å². The predicted octanol–water partition coefficient (Wildman–Crippen LogP) is 3.94. The largest absolute Gasteiger partial charge is 0.573 e. The molecule has 0 radical (unpaired) electrons. The molecule has 0 aliphatic carbocycles. The topological polar surface area (TPSA) is 47.6 Å². The van der Waals surface area contributed by atoms with Gasteiger partial charge in [0.15, 0.2) is 5.75 Å². The summed E-state index contributed by atoms with van der Waals surface area (Å²) in [6.07, 6.45) is -4.89. The molecule has 0 atom stereocenters. The lowest BCUT2D eigenvalue weighted by Gasteiger charge is -2.13. The first kappa shape index (κ1) is 13.3. The van der Waals surface area contributed by atoms with E-state index >= 15 is 0 Å². The van der Waals surface area contributed by atoms with Crippen LogP contribution >= 0.6 is 0 Å². The van der Waals surface area contributed by atoms with Gasteiger partial charge < -0.3 is 14.8 Å². The molecule has 1 N–H and O–H groups in total. The fourth-order valence-electron chi connectivity index (χ4n) is 1.99. The van der Waals surface area contributed by atoms with E-state index in [1.54, 1.807) is 24.3 Å². The van der Waals surface area contributed by atoms with Gasteiger partial charge in [-0.15, -0.1) is 13.2 Å². The van der Waals surface area contributed by atoms with Crippen LogP contribution in [0.1, 0.15) is 10.4 Å².